The van der Waals surface area contributed by atoms with E-state index >= 15 is 0 Å². The topological polar surface area (TPSA) is 70.6 Å². The Kier molecular flexibility index (Phi) is 5.74. The molecule has 0 spiro atoms. The Bertz CT molecular complexity index is 681. The van der Waals surface area contributed by atoms with Gasteiger partial charge in [-0.1, -0.05) is 25.3 Å². The lowest BCUT2D eigenvalue weighted by molar-refractivity contribution is -0.138. The molecule has 1 saturated carbocycles. The van der Waals surface area contributed by atoms with Gasteiger partial charge in [0, 0.05) is 25.7 Å². The van der Waals surface area contributed by atoms with Crippen LogP contribution in [0.3, 0.4) is 0 Å². The van der Waals surface area contributed by atoms with E-state index in [0.717, 1.165) is 18.5 Å². The maximum atomic E-state index is 12.4. The molecule has 1 aromatic heterocycles. The number of amides is 1. The molecule has 138 valence electrons. The molecule has 6 nitrogen and oxygen atoms in total. The largest absolute Gasteiger partial charge is 0.339 e. The summed E-state index contributed by atoms with van der Waals surface area (Å²) in [4.78, 5) is 18.4. The maximum absolute atomic E-state index is 12.4. The van der Waals surface area contributed by atoms with Crippen LogP contribution in [0.15, 0.2) is 24.4 Å². The van der Waals surface area contributed by atoms with Gasteiger partial charge in [0.25, 0.3) is 0 Å². The summed E-state index contributed by atoms with van der Waals surface area (Å²) >= 11 is 0. The van der Waals surface area contributed by atoms with Crippen molar-refractivity contribution in [2.45, 2.75) is 51.1 Å². The first-order valence-electron chi connectivity index (χ1n) is 9.08. The van der Waals surface area contributed by atoms with Crippen molar-refractivity contribution in [3.8, 4) is 0 Å². The van der Waals surface area contributed by atoms with Gasteiger partial charge in [0.15, 0.2) is 0 Å². The van der Waals surface area contributed by atoms with E-state index in [1.54, 1.807) is 11.1 Å². The molecule has 0 N–H and O–H groups in total. The number of pyridine rings is 1. The average molecular weight is 365 g/mol. The van der Waals surface area contributed by atoms with Crippen LogP contribution in [0.4, 0.5) is 0 Å². The number of likely N-dealkylation sites (tertiary alicyclic amines) is 1. The van der Waals surface area contributed by atoms with Crippen molar-refractivity contribution in [2.75, 3.05) is 19.3 Å². The molecular formula is C18H27N3O3S. The molecule has 0 bridgehead atoms. The lowest BCUT2D eigenvalue weighted by Gasteiger charge is -2.44. The second kappa shape index (κ2) is 7.83. The van der Waals surface area contributed by atoms with Gasteiger partial charge in [-0.25, -0.2) is 8.42 Å². The van der Waals surface area contributed by atoms with Crippen molar-refractivity contribution < 1.29 is 13.2 Å². The number of hydrogen-bond donors (Lipinski definition) is 0. The Morgan fingerprint density at radius 2 is 1.96 bits per heavy atom. The second-order valence-corrected chi connectivity index (χ2v) is 9.23. The minimum atomic E-state index is -3.34. The smallest absolute Gasteiger partial charge is 0.222 e. The Balaban J connectivity index is 1.55. The standard InChI is InChI=1S/C18H27N3O3S/c1-25(23,24)21(12-16-9-5-6-10-19-16)17-13-20(14-17)18(22)11-15-7-3-2-4-8-15/h5-6,9-10,15,17H,2-4,7-8,11-14H2,1H3. The van der Waals surface area contributed by atoms with E-state index in [2.05, 4.69) is 4.98 Å². The first kappa shape index (κ1) is 18.3. The Labute approximate surface area is 150 Å². The molecule has 2 fully saturated rings. The maximum Gasteiger partial charge on any atom is 0.222 e. The van der Waals surface area contributed by atoms with E-state index in [-0.39, 0.29) is 18.5 Å². The molecule has 3 rings (SSSR count). The van der Waals surface area contributed by atoms with Crippen LogP contribution in [-0.4, -0.2) is 53.9 Å². The number of sulfonamides is 1. The van der Waals surface area contributed by atoms with Crippen LogP contribution < -0.4 is 0 Å². The van der Waals surface area contributed by atoms with E-state index in [1.807, 2.05) is 18.2 Å². The molecule has 2 aliphatic rings. The molecule has 0 unspecified atom stereocenters. The van der Waals surface area contributed by atoms with Gasteiger partial charge in [0.1, 0.15) is 0 Å². The molecule has 1 aromatic rings. The molecule has 1 amide bonds. The number of carbonyl (C=O) groups excluding carboxylic acids is 1. The van der Waals surface area contributed by atoms with Crippen molar-refractivity contribution in [3.63, 3.8) is 0 Å². The molecule has 25 heavy (non-hydrogen) atoms. The summed E-state index contributed by atoms with van der Waals surface area (Å²) in [7, 11) is -3.34. The van der Waals surface area contributed by atoms with Crippen LogP contribution in [0, 0.1) is 5.92 Å². The van der Waals surface area contributed by atoms with Crippen molar-refractivity contribution in [1.82, 2.24) is 14.2 Å². The SMILES string of the molecule is CS(=O)(=O)N(Cc1ccccn1)C1CN(C(=O)CC2CCCCC2)C1. The fourth-order valence-electron chi connectivity index (χ4n) is 3.78. The van der Waals surface area contributed by atoms with Crippen LogP contribution >= 0.6 is 0 Å². The van der Waals surface area contributed by atoms with Crippen LogP contribution in [0.1, 0.15) is 44.2 Å². The molecule has 1 aliphatic heterocycles. The summed E-state index contributed by atoms with van der Waals surface area (Å²) in [6, 6.07) is 5.34. The molecule has 0 aromatic carbocycles. The third-order valence-corrected chi connectivity index (χ3v) is 6.56. The van der Waals surface area contributed by atoms with E-state index in [4.69, 9.17) is 0 Å². The zero-order valence-electron chi connectivity index (χ0n) is 14.8. The van der Waals surface area contributed by atoms with Crippen molar-refractivity contribution >= 4 is 15.9 Å². The highest BCUT2D eigenvalue weighted by molar-refractivity contribution is 7.88. The fraction of sp³-hybridized carbons (Fsp3) is 0.667. The summed E-state index contributed by atoms with van der Waals surface area (Å²) in [5.74, 6) is 0.689. The number of nitrogens with zero attached hydrogens (tertiary/aromatic N) is 3. The molecule has 7 heteroatoms. The third-order valence-electron chi connectivity index (χ3n) is 5.28. The Morgan fingerprint density at radius 1 is 1.24 bits per heavy atom. The predicted octanol–water partition coefficient (Wildman–Crippen LogP) is 2.02. The highest BCUT2D eigenvalue weighted by Gasteiger charge is 2.39. The summed E-state index contributed by atoms with van der Waals surface area (Å²) in [6.07, 6.45) is 9.55. The normalized spacial score (nSPS) is 19.8. The Morgan fingerprint density at radius 3 is 2.56 bits per heavy atom. The molecule has 0 radical (unpaired) electrons. The van der Waals surface area contributed by atoms with E-state index in [1.165, 1.54) is 29.8 Å². The van der Waals surface area contributed by atoms with Crippen molar-refractivity contribution in [2.24, 2.45) is 5.92 Å². The second-order valence-electron chi connectivity index (χ2n) is 7.29. The molecule has 1 saturated heterocycles. The molecule has 1 aliphatic carbocycles. The van der Waals surface area contributed by atoms with Crippen molar-refractivity contribution in [1.29, 1.82) is 0 Å². The summed E-state index contributed by atoms with van der Waals surface area (Å²) < 4.78 is 25.8. The van der Waals surface area contributed by atoms with Gasteiger partial charge in [-0.3, -0.25) is 9.78 Å². The minimum absolute atomic E-state index is 0.146. The Hall–Kier alpha value is -1.47. The van der Waals surface area contributed by atoms with Gasteiger partial charge in [-0.05, 0) is 30.9 Å². The highest BCUT2D eigenvalue weighted by Crippen LogP contribution is 2.28. The van der Waals surface area contributed by atoms with Gasteiger partial charge in [0.05, 0.1) is 24.5 Å². The number of aromatic nitrogens is 1. The predicted molar refractivity (Wildman–Crippen MR) is 96.2 cm³/mol. The van der Waals surface area contributed by atoms with Crippen LogP contribution in [0.2, 0.25) is 0 Å². The van der Waals surface area contributed by atoms with Gasteiger partial charge in [-0.15, -0.1) is 0 Å². The zero-order chi connectivity index (χ0) is 17.9. The summed E-state index contributed by atoms with van der Waals surface area (Å²) in [6.45, 7) is 1.24. The first-order chi connectivity index (χ1) is 11.9. The molecular weight excluding hydrogens is 338 g/mol. The number of carbonyl (C=O) groups is 1. The van der Waals surface area contributed by atoms with Gasteiger partial charge in [0.2, 0.25) is 15.9 Å². The summed E-state index contributed by atoms with van der Waals surface area (Å²) in [5.41, 5.74) is 0.722. The van der Waals surface area contributed by atoms with E-state index < -0.39 is 10.0 Å². The van der Waals surface area contributed by atoms with Gasteiger partial charge < -0.3 is 4.90 Å². The molecule has 2 heterocycles. The van der Waals surface area contributed by atoms with Crippen LogP contribution in [0.5, 0.6) is 0 Å². The van der Waals surface area contributed by atoms with Crippen molar-refractivity contribution in [3.05, 3.63) is 30.1 Å². The average Bonchev–Trinajstić information content (AvgIpc) is 2.53. The molecule has 0 atom stereocenters. The lowest BCUT2D eigenvalue weighted by Crippen LogP contribution is -2.62. The fourth-order valence-corrected chi connectivity index (χ4v) is 4.82. The number of rotatable bonds is 6. The van der Waals surface area contributed by atoms with Gasteiger partial charge >= 0.3 is 0 Å². The number of hydrogen-bond acceptors (Lipinski definition) is 4. The third kappa shape index (κ3) is 4.79. The first-order valence-corrected chi connectivity index (χ1v) is 10.9. The minimum Gasteiger partial charge on any atom is -0.339 e. The van der Waals surface area contributed by atoms with Crippen LogP contribution in [-0.2, 0) is 21.4 Å². The van der Waals surface area contributed by atoms with Gasteiger partial charge in [-0.2, -0.15) is 4.31 Å². The highest BCUT2D eigenvalue weighted by atomic mass is 32.2. The quantitative estimate of drug-likeness (QED) is 0.773. The lowest BCUT2D eigenvalue weighted by atomic mass is 9.86. The summed E-state index contributed by atoms with van der Waals surface area (Å²) in [5, 5.41) is 0. The van der Waals surface area contributed by atoms with E-state index in [9.17, 15) is 13.2 Å². The zero-order valence-corrected chi connectivity index (χ0v) is 15.6. The van der Waals surface area contributed by atoms with Crippen LogP contribution in [0.25, 0.3) is 0 Å². The van der Waals surface area contributed by atoms with E-state index in [0.29, 0.717) is 25.4 Å². The monoisotopic (exact) mass is 365 g/mol.